The lowest BCUT2D eigenvalue weighted by Crippen LogP contribution is -2.54. The number of halogens is 1. The molecule has 1 aliphatic rings. The van der Waals surface area contributed by atoms with Crippen LogP contribution in [-0.2, 0) is 32.6 Å². The van der Waals surface area contributed by atoms with Crippen LogP contribution in [0.5, 0.6) is 5.75 Å². The maximum atomic E-state index is 14.7. The Labute approximate surface area is 288 Å². The van der Waals surface area contributed by atoms with Gasteiger partial charge in [-0.25, -0.2) is 8.42 Å². The fourth-order valence-electron chi connectivity index (χ4n) is 6.03. The standard InChI is InChI=1S/C38H42ClN3O5S/c1-3-47-34-21-19-33(20-22-34)42(48(45,46)35-23-17-31(39)18-24-35)27-37(43)41(26-30-14-8-7-11-28(30)2)36(25-29-12-5-4-6-13-29)38(44)40-32-15-9-10-16-32/h4-8,11-14,17-24,32,36H,3,9-10,15-16,25-27H2,1-2H3,(H,40,44)/t36-/m1/s1. The number of hydrogen-bond donors (Lipinski definition) is 1. The molecule has 1 fully saturated rings. The van der Waals surface area contributed by atoms with E-state index in [9.17, 15) is 18.0 Å². The summed E-state index contributed by atoms with van der Waals surface area (Å²) in [6.45, 7) is 3.86. The number of benzene rings is 4. The second kappa shape index (κ2) is 16.2. The van der Waals surface area contributed by atoms with Gasteiger partial charge < -0.3 is 15.0 Å². The fourth-order valence-corrected chi connectivity index (χ4v) is 7.57. The molecule has 1 atom stereocenters. The van der Waals surface area contributed by atoms with Crippen molar-refractivity contribution in [3.63, 3.8) is 0 Å². The van der Waals surface area contributed by atoms with Gasteiger partial charge in [0.2, 0.25) is 11.8 Å². The Morgan fingerprint density at radius 3 is 2.19 bits per heavy atom. The first kappa shape index (κ1) is 35.0. The lowest BCUT2D eigenvalue weighted by atomic mass is 10.0. The van der Waals surface area contributed by atoms with Crippen LogP contribution in [-0.4, -0.2) is 50.4 Å². The average Bonchev–Trinajstić information content (AvgIpc) is 3.60. The van der Waals surface area contributed by atoms with E-state index in [0.29, 0.717) is 17.4 Å². The van der Waals surface area contributed by atoms with Crippen molar-refractivity contribution in [3.05, 3.63) is 125 Å². The normalized spacial score (nSPS) is 13.9. The Kier molecular flexibility index (Phi) is 11.8. The molecular formula is C38H42ClN3O5S. The molecule has 4 aromatic carbocycles. The van der Waals surface area contributed by atoms with E-state index in [2.05, 4.69) is 5.32 Å². The van der Waals surface area contributed by atoms with Crippen LogP contribution in [0.2, 0.25) is 5.02 Å². The first-order valence-corrected chi connectivity index (χ1v) is 18.2. The maximum absolute atomic E-state index is 14.7. The van der Waals surface area contributed by atoms with E-state index in [1.807, 2.05) is 68.4 Å². The molecule has 1 saturated carbocycles. The third kappa shape index (κ3) is 8.76. The monoisotopic (exact) mass is 687 g/mol. The summed E-state index contributed by atoms with van der Waals surface area (Å²) >= 11 is 6.09. The molecule has 1 aliphatic carbocycles. The Bertz CT molecular complexity index is 1780. The summed E-state index contributed by atoms with van der Waals surface area (Å²) < 4.78 is 35.2. The quantitative estimate of drug-likeness (QED) is 0.155. The van der Waals surface area contributed by atoms with E-state index in [1.54, 1.807) is 29.2 Å². The van der Waals surface area contributed by atoms with Crippen LogP contribution < -0.4 is 14.4 Å². The number of hydrogen-bond acceptors (Lipinski definition) is 5. The predicted molar refractivity (Wildman–Crippen MR) is 190 cm³/mol. The van der Waals surface area contributed by atoms with Crippen molar-refractivity contribution in [2.75, 3.05) is 17.5 Å². The summed E-state index contributed by atoms with van der Waals surface area (Å²) in [7, 11) is -4.24. The number of anilines is 1. The van der Waals surface area contributed by atoms with Crippen LogP contribution in [0, 0.1) is 6.92 Å². The summed E-state index contributed by atoms with van der Waals surface area (Å²) in [5.41, 5.74) is 3.00. The lowest BCUT2D eigenvalue weighted by molar-refractivity contribution is -0.140. The molecule has 0 bridgehead atoms. The summed E-state index contributed by atoms with van der Waals surface area (Å²) in [6, 6.07) is 28.9. The smallest absolute Gasteiger partial charge is 0.264 e. The van der Waals surface area contributed by atoms with Crippen LogP contribution in [0.4, 0.5) is 5.69 Å². The van der Waals surface area contributed by atoms with Gasteiger partial charge in [0, 0.05) is 24.0 Å². The first-order chi connectivity index (χ1) is 23.2. The molecule has 0 aliphatic heterocycles. The lowest BCUT2D eigenvalue weighted by Gasteiger charge is -2.34. The molecule has 10 heteroatoms. The summed E-state index contributed by atoms with van der Waals surface area (Å²) in [4.78, 5) is 30.4. The molecule has 0 unspecified atom stereocenters. The SMILES string of the molecule is CCOc1ccc(N(CC(=O)N(Cc2ccccc2C)[C@H](Cc2ccccc2)C(=O)NC2CCCC2)S(=O)(=O)c2ccc(Cl)cc2)cc1. The highest BCUT2D eigenvalue weighted by Crippen LogP contribution is 2.28. The van der Waals surface area contributed by atoms with E-state index in [1.165, 1.54) is 24.3 Å². The fraction of sp³-hybridized carbons (Fsp3) is 0.316. The molecule has 5 rings (SSSR count). The number of amides is 2. The minimum absolute atomic E-state index is 0.0150. The number of aryl methyl sites for hydroxylation is 1. The molecule has 2 amide bonds. The van der Waals surface area contributed by atoms with Crippen LogP contribution in [0.3, 0.4) is 0 Å². The third-order valence-corrected chi connectivity index (χ3v) is 10.7. The minimum atomic E-state index is -4.24. The Hall–Kier alpha value is -4.34. The highest BCUT2D eigenvalue weighted by atomic mass is 35.5. The van der Waals surface area contributed by atoms with Gasteiger partial charge >= 0.3 is 0 Å². The van der Waals surface area contributed by atoms with Crippen LogP contribution >= 0.6 is 11.6 Å². The Morgan fingerprint density at radius 1 is 0.896 bits per heavy atom. The van der Waals surface area contributed by atoms with Crippen LogP contribution in [0.25, 0.3) is 0 Å². The first-order valence-electron chi connectivity index (χ1n) is 16.3. The zero-order valence-corrected chi connectivity index (χ0v) is 28.9. The van der Waals surface area contributed by atoms with E-state index in [4.69, 9.17) is 16.3 Å². The molecule has 252 valence electrons. The molecule has 0 saturated heterocycles. The maximum Gasteiger partial charge on any atom is 0.264 e. The zero-order valence-electron chi connectivity index (χ0n) is 27.3. The Morgan fingerprint density at radius 2 is 1.54 bits per heavy atom. The number of ether oxygens (including phenoxy) is 1. The van der Waals surface area contributed by atoms with Gasteiger partial charge in [-0.1, -0.05) is 79.0 Å². The van der Waals surface area contributed by atoms with Crippen molar-refractivity contribution in [1.29, 1.82) is 0 Å². The molecule has 0 spiro atoms. The van der Waals surface area contributed by atoms with Gasteiger partial charge in [0.15, 0.2) is 0 Å². The van der Waals surface area contributed by atoms with Gasteiger partial charge in [0.1, 0.15) is 18.3 Å². The second-order valence-electron chi connectivity index (χ2n) is 12.0. The van der Waals surface area contributed by atoms with Gasteiger partial charge in [0.25, 0.3) is 10.0 Å². The van der Waals surface area contributed by atoms with Crippen molar-refractivity contribution in [1.82, 2.24) is 10.2 Å². The van der Waals surface area contributed by atoms with Crippen LogP contribution in [0.15, 0.2) is 108 Å². The molecule has 0 heterocycles. The van der Waals surface area contributed by atoms with Gasteiger partial charge in [-0.2, -0.15) is 0 Å². The van der Waals surface area contributed by atoms with E-state index < -0.39 is 28.5 Å². The molecule has 48 heavy (non-hydrogen) atoms. The van der Waals surface area contributed by atoms with Crippen molar-refractivity contribution in [3.8, 4) is 5.75 Å². The summed E-state index contributed by atoms with van der Waals surface area (Å²) in [5.74, 6) is -0.183. The summed E-state index contributed by atoms with van der Waals surface area (Å²) in [6.07, 6.45) is 4.13. The zero-order chi connectivity index (χ0) is 34.1. The minimum Gasteiger partial charge on any atom is -0.494 e. The van der Waals surface area contributed by atoms with Gasteiger partial charge in [-0.3, -0.25) is 13.9 Å². The molecule has 0 aromatic heterocycles. The highest BCUT2D eigenvalue weighted by Gasteiger charge is 2.35. The largest absolute Gasteiger partial charge is 0.494 e. The Balaban J connectivity index is 1.57. The van der Waals surface area contributed by atoms with E-state index in [0.717, 1.165) is 46.7 Å². The van der Waals surface area contributed by atoms with Crippen molar-refractivity contribution < 1.29 is 22.7 Å². The topological polar surface area (TPSA) is 96.0 Å². The molecule has 1 N–H and O–H groups in total. The second-order valence-corrected chi connectivity index (χ2v) is 14.3. The number of nitrogens with one attached hydrogen (secondary N) is 1. The van der Waals surface area contributed by atoms with Crippen molar-refractivity contribution >= 4 is 39.1 Å². The molecular weight excluding hydrogens is 646 g/mol. The van der Waals surface area contributed by atoms with Gasteiger partial charge in [-0.05, 0) is 91.9 Å². The van der Waals surface area contributed by atoms with Crippen molar-refractivity contribution in [2.45, 2.75) is 69.5 Å². The predicted octanol–water partition coefficient (Wildman–Crippen LogP) is 6.94. The number of sulfonamides is 1. The number of carbonyl (C=O) groups is 2. The number of nitrogens with zero attached hydrogens (tertiary/aromatic N) is 2. The van der Waals surface area contributed by atoms with E-state index >= 15 is 0 Å². The highest BCUT2D eigenvalue weighted by molar-refractivity contribution is 7.92. The number of rotatable bonds is 14. The van der Waals surface area contributed by atoms with Gasteiger partial charge in [0.05, 0.1) is 17.2 Å². The summed E-state index contributed by atoms with van der Waals surface area (Å²) in [5, 5.41) is 3.60. The number of carbonyl (C=O) groups excluding carboxylic acids is 2. The van der Waals surface area contributed by atoms with Crippen LogP contribution in [0.1, 0.15) is 49.3 Å². The average molecular weight is 688 g/mol. The van der Waals surface area contributed by atoms with E-state index in [-0.39, 0.29) is 35.5 Å². The van der Waals surface area contributed by atoms with Gasteiger partial charge in [-0.15, -0.1) is 0 Å². The molecule has 0 radical (unpaired) electrons. The molecule has 8 nitrogen and oxygen atoms in total. The third-order valence-electron chi connectivity index (χ3n) is 8.69. The van der Waals surface area contributed by atoms with Crippen molar-refractivity contribution in [2.24, 2.45) is 0 Å². The molecule has 4 aromatic rings.